The number of nitrogens with zero attached hydrogens (tertiary/aromatic N) is 1. The zero-order chi connectivity index (χ0) is 19.8. The van der Waals surface area contributed by atoms with E-state index in [0.717, 1.165) is 38.5 Å². The van der Waals surface area contributed by atoms with E-state index >= 15 is 0 Å². The molecule has 0 unspecified atom stereocenters. The van der Waals surface area contributed by atoms with Crippen LogP contribution in [0.4, 0.5) is 0 Å². The van der Waals surface area contributed by atoms with Crippen molar-refractivity contribution in [1.82, 2.24) is 0 Å². The Morgan fingerprint density at radius 3 is 2.00 bits per heavy atom. The standard InChI is InChI=1S/C27H35N/c1-3-5-6-7-18-27(21-28)19-16-26(17-20-27)25-14-12-24(13-15-25)23-10-8-22(4-2)9-11-23/h8-15,26H,3-7,16-20H2,1-2H3. The van der Waals surface area contributed by atoms with Crippen molar-refractivity contribution >= 4 is 0 Å². The molecule has 0 heterocycles. The molecule has 0 aliphatic heterocycles. The summed E-state index contributed by atoms with van der Waals surface area (Å²) < 4.78 is 0. The van der Waals surface area contributed by atoms with Gasteiger partial charge in [-0.25, -0.2) is 0 Å². The van der Waals surface area contributed by atoms with E-state index in [1.165, 1.54) is 47.9 Å². The fraction of sp³-hybridized carbons (Fsp3) is 0.519. The number of unbranched alkanes of at least 4 members (excludes halogenated alkanes) is 3. The van der Waals surface area contributed by atoms with Crippen LogP contribution in [0.1, 0.15) is 88.7 Å². The Morgan fingerprint density at radius 1 is 0.857 bits per heavy atom. The quantitative estimate of drug-likeness (QED) is 0.429. The third kappa shape index (κ3) is 5.05. The Kier molecular flexibility index (Phi) is 7.32. The number of aryl methyl sites for hydroxylation is 1. The molecule has 0 saturated heterocycles. The summed E-state index contributed by atoms with van der Waals surface area (Å²) in [5.41, 5.74) is 5.38. The minimum absolute atomic E-state index is 0.0504. The lowest BCUT2D eigenvalue weighted by atomic mass is 9.67. The first-order valence-electron chi connectivity index (χ1n) is 11.3. The van der Waals surface area contributed by atoms with Gasteiger partial charge in [0, 0.05) is 0 Å². The van der Waals surface area contributed by atoms with Crippen molar-refractivity contribution < 1.29 is 0 Å². The van der Waals surface area contributed by atoms with Crippen molar-refractivity contribution in [1.29, 1.82) is 5.26 Å². The highest BCUT2D eigenvalue weighted by Crippen LogP contribution is 2.45. The molecule has 0 atom stereocenters. The van der Waals surface area contributed by atoms with Crippen LogP contribution < -0.4 is 0 Å². The van der Waals surface area contributed by atoms with E-state index in [9.17, 15) is 5.26 Å². The fourth-order valence-electron chi connectivity index (χ4n) is 4.69. The summed E-state index contributed by atoms with van der Waals surface area (Å²) in [6, 6.07) is 20.8. The lowest BCUT2D eigenvalue weighted by Crippen LogP contribution is -2.25. The molecule has 1 fully saturated rings. The van der Waals surface area contributed by atoms with Crippen molar-refractivity contribution in [2.45, 2.75) is 84.0 Å². The Labute approximate surface area is 171 Å². The molecule has 0 radical (unpaired) electrons. The molecular formula is C27H35N. The van der Waals surface area contributed by atoms with Crippen molar-refractivity contribution in [3.05, 3.63) is 59.7 Å². The summed E-state index contributed by atoms with van der Waals surface area (Å²) in [4.78, 5) is 0. The van der Waals surface area contributed by atoms with Gasteiger partial charge in [0.2, 0.25) is 0 Å². The van der Waals surface area contributed by atoms with Crippen molar-refractivity contribution in [2.75, 3.05) is 0 Å². The normalized spacial score (nSPS) is 22.0. The molecule has 0 amide bonds. The molecule has 148 valence electrons. The number of benzene rings is 2. The molecule has 3 rings (SSSR count). The Morgan fingerprint density at radius 2 is 1.46 bits per heavy atom. The highest BCUT2D eigenvalue weighted by atomic mass is 14.4. The average Bonchev–Trinajstić information content (AvgIpc) is 2.77. The van der Waals surface area contributed by atoms with Crippen molar-refractivity contribution in [2.24, 2.45) is 5.41 Å². The molecule has 1 heteroatoms. The first-order valence-corrected chi connectivity index (χ1v) is 11.3. The Bertz CT molecular complexity index is 755. The van der Waals surface area contributed by atoms with Crippen LogP contribution in [0.25, 0.3) is 11.1 Å². The SMILES string of the molecule is CCCCCCC1(C#N)CCC(c2ccc(-c3ccc(CC)cc3)cc2)CC1. The molecule has 0 aromatic heterocycles. The van der Waals surface area contributed by atoms with Gasteiger partial charge in [-0.1, -0.05) is 88.1 Å². The third-order valence-corrected chi connectivity index (χ3v) is 6.77. The van der Waals surface area contributed by atoms with E-state index in [1.807, 2.05) is 0 Å². The monoisotopic (exact) mass is 373 g/mol. The minimum atomic E-state index is -0.0504. The fourth-order valence-corrected chi connectivity index (χ4v) is 4.69. The molecule has 2 aromatic rings. The highest BCUT2D eigenvalue weighted by molar-refractivity contribution is 5.64. The first-order chi connectivity index (χ1) is 13.7. The molecule has 2 aromatic carbocycles. The van der Waals surface area contributed by atoms with Crippen LogP contribution in [-0.4, -0.2) is 0 Å². The molecular weight excluding hydrogens is 338 g/mol. The summed E-state index contributed by atoms with van der Waals surface area (Å²) >= 11 is 0. The number of nitriles is 1. The van der Waals surface area contributed by atoms with Gasteiger partial charge in [0.15, 0.2) is 0 Å². The Balaban J connectivity index is 1.58. The van der Waals surface area contributed by atoms with Gasteiger partial charge in [-0.15, -0.1) is 0 Å². The van der Waals surface area contributed by atoms with E-state index in [4.69, 9.17) is 0 Å². The van der Waals surface area contributed by atoms with E-state index in [1.54, 1.807) is 0 Å². The number of hydrogen-bond acceptors (Lipinski definition) is 1. The lowest BCUT2D eigenvalue weighted by molar-refractivity contribution is 0.223. The average molecular weight is 374 g/mol. The number of hydrogen-bond donors (Lipinski definition) is 0. The summed E-state index contributed by atoms with van der Waals surface area (Å²) in [6.07, 6.45) is 11.7. The van der Waals surface area contributed by atoms with Gasteiger partial charge in [-0.2, -0.15) is 5.26 Å². The van der Waals surface area contributed by atoms with E-state index in [-0.39, 0.29) is 5.41 Å². The molecule has 1 saturated carbocycles. The zero-order valence-electron chi connectivity index (χ0n) is 17.7. The molecule has 0 N–H and O–H groups in total. The first kappa shape index (κ1) is 20.7. The van der Waals surface area contributed by atoms with Crippen LogP contribution in [0.2, 0.25) is 0 Å². The molecule has 28 heavy (non-hydrogen) atoms. The summed E-state index contributed by atoms with van der Waals surface area (Å²) in [5, 5.41) is 9.80. The van der Waals surface area contributed by atoms with Crippen LogP contribution in [0.15, 0.2) is 48.5 Å². The van der Waals surface area contributed by atoms with Gasteiger partial charge in [0.05, 0.1) is 11.5 Å². The van der Waals surface area contributed by atoms with Gasteiger partial charge in [0.1, 0.15) is 0 Å². The molecule has 1 nitrogen and oxygen atoms in total. The second-order valence-corrected chi connectivity index (χ2v) is 8.65. The maximum absolute atomic E-state index is 9.80. The largest absolute Gasteiger partial charge is 0.198 e. The molecule has 1 aliphatic rings. The number of rotatable bonds is 8. The van der Waals surface area contributed by atoms with Crippen LogP contribution >= 0.6 is 0 Å². The van der Waals surface area contributed by atoms with E-state index in [2.05, 4.69) is 68.4 Å². The van der Waals surface area contributed by atoms with Crippen LogP contribution in [-0.2, 0) is 6.42 Å². The second kappa shape index (κ2) is 9.92. The maximum Gasteiger partial charge on any atom is 0.0689 e. The van der Waals surface area contributed by atoms with Crippen molar-refractivity contribution in [3.63, 3.8) is 0 Å². The Hall–Kier alpha value is -2.07. The smallest absolute Gasteiger partial charge is 0.0689 e. The predicted octanol–water partition coefficient (Wildman–Crippen LogP) is 8.05. The highest BCUT2D eigenvalue weighted by Gasteiger charge is 2.35. The van der Waals surface area contributed by atoms with Gasteiger partial charge in [-0.05, 0) is 66.7 Å². The van der Waals surface area contributed by atoms with Crippen LogP contribution in [0.5, 0.6) is 0 Å². The van der Waals surface area contributed by atoms with Crippen LogP contribution in [0.3, 0.4) is 0 Å². The van der Waals surface area contributed by atoms with E-state index in [0.29, 0.717) is 5.92 Å². The molecule has 1 aliphatic carbocycles. The summed E-state index contributed by atoms with van der Waals surface area (Å²) in [6.45, 7) is 4.44. The van der Waals surface area contributed by atoms with Gasteiger partial charge < -0.3 is 0 Å². The van der Waals surface area contributed by atoms with E-state index < -0.39 is 0 Å². The lowest BCUT2D eigenvalue weighted by Gasteiger charge is -2.35. The predicted molar refractivity (Wildman–Crippen MR) is 119 cm³/mol. The zero-order valence-corrected chi connectivity index (χ0v) is 17.7. The topological polar surface area (TPSA) is 23.8 Å². The minimum Gasteiger partial charge on any atom is -0.198 e. The second-order valence-electron chi connectivity index (χ2n) is 8.65. The summed E-state index contributed by atoms with van der Waals surface area (Å²) in [5.74, 6) is 0.619. The summed E-state index contributed by atoms with van der Waals surface area (Å²) in [7, 11) is 0. The van der Waals surface area contributed by atoms with Gasteiger partial charge >= 0.3 is 0 Å². The van der Waals surface area contributed by atoms with Gasteiger partial charge in [-0.3, -0.25) is 0 Å². The van der Waals surface area contributed by atoms with Gasteiger partial charge in [0.25, 0.3) is 0 Å². The third-order valence-electron chi connectivity index (χ3n) is 6.77. The molecule has 0 spiro atoms. The van der Waals surface area contributed by atoms with Crippen LogP contribution in [0, 0.1) is 16.7 Å². The maximum atomic E-state index is 9.80. The van der Waals surface area contributed by atoms with Crippen molar-refractivity contribution in [3.8, 4) is 17.2 Å². The molecule has 0 bridgehead atoms.